The van der Waals surface area contributed by atoms with Crippen molar-refractivity contribution in [1.29, 1.82) is 0 Å². The highest BCUT2D eigenvalue weighted by atomic mass is 16.5. The predicted octanol–water partition coefficient (Wildman–Crippen LogP) is 1.70. The Kier molecular flexibility index (Phi) is 9.80. The molecule has 0 radical (unpaired) electrons. The van der Waals surface area contributed by atoms with Gasteiger partial charge in [-0.2, -0.15) is 0 Å². The molecule has 0 aliphatic heterocycles. The van der Waals surface area contributed by atoms with Crippen molar-refractivity contribution in [1.82, 2.24) is 5.32 Å². The van der Waals surface area contributed by atoms with E-state index in [0.717, 1.165) is 19.6 Å². The van der Waals surface area contributed by atoms with E-state index in [1.54, 1.807) is 0 Å². The summed E-state index contributed by atoms with van der Waals surface area (Å²) in [5, 5.41) is 3.21. The van der Waals surface area contributed by atoms with Crippen LogP contribution in [0.1, 0.15) is 47.5 Å². The second-order valence-corrected chi connectivity index (χ2v) is 5.98. The summed E-state index contributed by atoms with van der Waals surface area (Å²) < 4.78 is 11.1. The first-order valence-electron chi connectivity index (χ1n) is 7.56. The Morgan fingerprint density at radius 1 is 1.30 bits per heavy atom. The second-order valence-electron chi connectivity index (χ2n) is 5.98. The first-order valence-corrected chi connectivity index (χ1v) is 7.56. The zero-order chi connectivity index (χ0) is 15.6. The fourth-order valence-electron chi connectivity index (χ4n) is 1.92. The number of carbonyl (C=O) groups is 1. The van der Waals surface area contributed by atoms with Crippen LogP contribution in [0.25, 0.3) is 0 Å². The molecule has 5 heteroatoms. The predicted molar refractivity (Wildman–Crippen MR) is 81.6 cm³/mol. The minimum atomic E-state index is -0.714. The summed E-state index contributed by atoms with van der Waals surface area (Å²) >= 11 is 0. The molecule has 120 valence electrons. The fourth-order valence-corrected chi connectivity index (χ4v) is 1.92. The average molecular weight is 288 g/mol. The van der Waals surface area contributed by atoms with Crippen molar-refractivity contribution in [3.63, 3.8) is 0 Å². The van der Waals surface area contributed by atoms with Crippen molar-refractivity contribution in [3.8, 4) is 0 Å². The molecule has 0 saturated carbocycles. The van der Waals surface area contributed by atoms with Gasteiger partial charge in [0.25, 0.3) is 0 Å². The molecule has 0 heterocycles. The molecule has 5 nitrogen and oxygen atoms in total. The molecule has 0 aromatic carbocycles. The Morgan fingerprint density at radius 3 is 2.45 bits per heavy atom. The lowest BCUT2D eigenvalue weighted by molar-refractivity contribution is -0.125. The molecule has 3 N–H and O–H groups in total. The molecule has 1 amide bonds. The van der Waals surface area contributed by atoms with Gasteiger partial charge in [-0.25, -0.2) is 0 Å². The Morgan fingerprint density at radius 2 is 1.95 bits per heavy atom. The Balaban J connectivity index is 4.01. The molecule has 0 spiro atoms. The van der Waals surface area contributed by atoms with Crippen molar-refractivity contribution in [3.05, 3.63) is 0 Å². The summed E-state index contributed by atoms with van der Waals surface area (Å²) in [5.41, 5.74) is 4.77. The Hall–Kier alpha value is -0.650. The van der Waals surface area contributed by atoms with Gasteiger partial charge >= 0.3 is 0 Å². The molecule has 0 fully saturated rings. The van der Waals surface area contributed by atoms with E-state index in [0.29, 0.717) is 25.6 Å². The number of carbonyl (C=O) groups excluding carboxylic acids is 1. The Labute approximate surface area is 123 Å². The smallest absolute Gasteiger partial charge is 0.237 e. The van der Waals surface area contributed by atoms with Gasteiger partial charge in [0.2, 0.25) is 5.91 Å². The molecule has 0 bridgehead atoms. The van der Waals surface area contributed by atoms with Crippen LogP contribution >= 0.6 is 0 Å². The van der Waals surface area contributed by atoms with Crippen molar-refractivity contribution >= 4 is 5.91 Å². The topological polar surface area (TPSA) is 73.6 Å². The van der Waals surface area contributed by atoms with Crippen LogP contribution in [-0.2, 0) is 14.3 Å². The number of ether oxygens (including phenoxy) is 2. The van der Waals surface area contributed by atoms with Gasteiger partial charge in [-0.3, -0.25) is 4.79 Å². The van der Waals surface area contributed by atoms with Gasteiger partial charge in [-0.15, -0.1) is 0 Å². The summed E-state index contributed by atoms with van der Waals surface area (Å²) in [5.74, 6) is 0.196. The van der Waals surface area contributed by atoms with E-state index in [2.05, 4.69) is 26.1 Å². The maximum Gasteiger partial charge on any atom is 0.237 e. The first-order chi connectivity index (χ1) is 9.31. The molecule has 0 aromatic heterocycles. The molecule has 0 aromatic rings. The van der Waals surface area contributed by atoms with Gasteiger partial charge in [0, 0.05) is 13.0 Å². The number of primary amides is 1. The second kappa shape index (κ2) is 10.1. The highest BCUT2D eigenvalue weighted by Gasteiger charge is 2.32. The standard InChI is InChI=1S/C15H32N2O3/c1-6-7-17-15(5,14(16)18)10-13(4)20-9-8-19-11-12(2)3/h12-13,17H,6-11H2,1-5H3,(H2,16,18). The average Bonchev–Trinajstić information content (AvgIpc) is 2.35. The van der Waals surface area contributed by atoms with E-state index >= 15 is 0 Å². The van der Waals surface area contributed by atoms with Gasteiger partial charge in [0.15, 0.2) is 0 Å². The molecule has 2 atom stereocenters. The van der Waals surface area contributed by atoms with E-state index in [9.17, 15) is 4.79 Å². The quantitative estimate of drug-likeness (QED) is 0.536. The number of hydrogen-bond acceptors (Lipinski definition) is 4. The highest BCUT2D eigenvalue weighted by Crippen LogP contribution is 2.14. The minimum absolute atomic E-state index is 0.0421. The molecule has 0 aliphatic rings. The van der Waals surface area contributed by atoms with Crippen molar-refractivity contribution < 1.29 is 14.3 Å². The summed E-state index contributed by atoms with van der Waals surface area (Å²) in [6.07, 6.45) is 1.48. The van der Waals surface area contributed by atoms with E-state index in [4.69, 9.17) is 15.2 Å². The van der Waals surface area contributed by atoms with E-state index in [1.807, 2.05) is 13.8 Å². The zero-order valence-corrected chi connectivity index (χ0v) is 13.7. The third-order valence-corrected chi connectivity index (χ3v) is 3.09. The van der Waals surface area contributed by atoms with Crippen LogP contribution in [0.4, 0.5) is 0 Å². The Bertz CT molecular complexity index is 272. The number of hydrogen-bond donors (Lipinski definition) is 2. The molecular weight excluding hydrogens is 256 g/mol. The van der Waals surface area contributed by atoms with Crippen LogP contribution in [0.15, 0.2) is 0 Å². The van der Waals surface area contributed by atoms with Crippen molar-refractivity contribution in [2.24, 2.45) is 11.7 Å². The van der Waals surface area contributed by atoms with Gasteiger partial charge in [-0.05, 0) is 32.7 Å². The molecule has 2 unspecified atom stereocenters. The monoisotopic (exact) mass is 288 g/mol. The molecule has 0 rings (SSSR count). The van der Waals surface area contributed by atoms with Crippen LogP contribution in [-0.4, -0.2) is 43.9 Å². The van der Waals surface area contributed by atoms with Crippen LogP contribution in [0, 0.1) is 5.92 Å². The molecule has 0 saturated heterocycles. The number of nitrogens with two attached hydrogens (primary N) is 1. The van der Waals surface area contributed by atoms with E-state index in [-0.39, 0.29) is 12.0 Å². The molecule has 0 aliphatic carbocycles. The molecular formula is C15H32N2O3. The molecule has 20 heavy (non-hydrogen) atoms. The highest BCUT2D eigenvalue weighted by molar-refractivity contribution is 5.84. The maximum atomic E-state index is 11.6. The van der Waals surface area contributed by atoms with Gasteiger partial charge in [0.1, 0.15) is 0 Å². The zero-order valence-electron chi connectivity index (χ0n) is 13.7. The van der Waals surface area contributed by atoms with Gasteiger partial charge in [0.05, 0.1) is 24.9 Å². The van der Waals surface area contributed by atoms with E-state index < -0.39 is 5.54 Å². The van der Waals surface area contributed by atoms with Crippen LogP contribution in [0.5, 0.6) is 0 Å². The third kappa shape index (κ3) is 8.51. The summed E-state index contributed by atoms with van der Waals surface area (Å²) in [7, 11) is 0. The fraction of sp³-hybridized carbons (Fsp3) is 0.933. The van der Waals surface area contributed by atoms with Crippen LogP contribution in [0.2, 0.25) is 0 Å². The summed E-state index contributed by atoms with van der Waals surface area (Å²) in [6, 6.07) is 0. The third-order valence-electron chi connectivity index (χ3n) is 3.09. The summed E-state index contributed by atoms with van der Waals surface area (Å²) in [6.45, 7) is 12.7. The van der Waals surface area contributed by atoms with Crippen molar-refractivity contribution in [2.45, 2.75) is 59.1 Å². The van der Waals surface area contributed by atoms with Crippen LogP contribution < -0.4 is 11.1 Å². The number of rotatable bonds is 12. The van der Waals surface area contributed by atoms with E-state index in [1.165, 1.54) is 0 Å². The first kappa shape index (κ1) is 19.4. The van der Waals surface area contributed by atoms with Crippen molar-refractivity contribution in [2.75, 3.05) is 26.4 Å². The maximum absolute atomic E-state index is 11.6. The van der Waals surface area contributed by atoms with Crippen LogP contribution in [0.3, 0.4) is 0 Å². The van der Waals surface area contributed by atoms with Gasteiger partial charge < -0.3 is 20.5 Å². The lowest BCUT2D eigenvalue weighted by Gasteiger charge is -2.30. The number of nitrogens with one attached hydrogen (secondary N) is 1. The summed E-state index contributed by atoms with van der Waals surface area (Å²) in [4.78, 5) is 11.6. The SMILES string of the molecule is CCCNC(C)(CC(C)OCCOCC(C)C)C(N)=O. The van der Waals surface area contributed by atoms with Gasteiger partial charge in [-0.1, -0.05) is 20.8 Å². The minimum Gasteiger partial charge on any atom is -0.379 e. The largest absolute Gasteiger partial charge is 0.379 e. The number of amides is 1. The lowest BCUT2D eigenvalue weighted by atomic mass is 9.93. The normalized spacial score (nSPS) is 16.1. The lowest BCUT2D eigenvalue weighted by Crippen LogP contribution is -2.55.